The molecule has 1 rings (SSSR count). The molecule has 2 N–H and O–H groups in total. The van der Waals surface area contributed by atoms with Gasteiger partial charge < -0.3 is 5.73 Å². The van der Waals surface area contributed by atoms with Crippen LogP contribution in [0.5, 0.6) is 0 Å². The zero-order valence-electron chi connectivity index (χ0n) is 7.66. The van der Waals surface area contributed by atoms with Crippen molar-refractivity contribution in [2.24, 2.45) is 5.73 Å². The average Bonchev–Trinajstić information content (AvgIpc) is 2.46. The van der Waals surface area contributed by atoms with Gasteiger partial charge in [-0.1, -0.05) is 6.42 Å². The molecule has 0 aliphatic carbocycles. The molecule has 68 valence electrons. The third kappa shape index (κ3) is 2.66. The van der Waals surface area contributed by atoms with Crippen molar-refractivity contribution in [1.29, 1.82) is 0 Å². The monoisotopic (exact) mass is 167 g/mol. The van der Waals surface area contributed by atoms with Gasteiger partial charge in [-0.2, -0.15) is 5.10 Å². The van der Waals surface area contributed by atoms with E-state index in [2.05, 4.69) is 12.0 Å². The molecule has 1 aromatic rings. The Bertz CT molecular complexity index is 217. The lowest BCUT2D eigenvalue weighted by molar-refractivity contribution is 0.537. The van der Waals surface area contributed by atoms with Gasteiger partial charge in [0.2, 0.25) is 0 Å². The first-order valence-electron chi connectivity index (χ1n) is 4.53. The first-order chi connectivity index (χ1) is 5.84. The van der Waals surface area contributed by atoms with E-state index in [1.54, 1.807) is 0 Å². The van der Waals surface area contributed by atoms with Crippen LogP contribution in [0.1, 0.15) is 25.0 Å². The standard InChI is InChI=1S/C9H17N3/c1-9-5-7-11-12(9)8-4-2-3-6-10/h5,7H,2-4,6,8,10H2,1H3. The summed E-state index contributed by atoms with van der Waals surface area (Å²) in [6.07, 6.45) is 5.36. The van der Waals surface area contributed by atoms with Crippen molar-refractivity contribution in [2.75, 3.05) is 6.54 Å². The number of unbranched alkanes of at least 4 members (excludes halogenated alkanes) is 2. The van der Waals surface area contributed by atoms with Gasteiger partial charge in [0.05, 0.1) is 0 Å². The van der Waals surface area contributed by atoms with Crippen molar-refractivity contribution >= 4 is 0 Å². The molecule has 0 bridgehead atoms. The van der Waals surface area contributed by atoms with Crippen LogP contribution in [-0.2, 0) is 6.54 Å². The number of hydrogen-bond acceptors (Lipinski definition) is 2. The first-order valence-corrected chi connectivity index (χ1v) is 4.53. The van der Waals surface area contributed by atoms with Crippen LogP contribution >= 0.6 is 0 Å². The van der Waals surface area contributed by atoms with Crippen LogP contribution in [0.15, 0.2) is 12.3 Å². The van der Waals surface area contributed by atoms with E-state index >= 15 is 0 Å². The molecule has 0 aliphatic heterocycles. The van der Waals surface area contributed by atoms with Crippen molar-refractivity contribution in [3.63, 3.8) is 0 Å². The Hall–Kier alpha value is -0.830. The van der Waals surface area contributed by atoms with Crippen LogP contribution in [-0.4, -0.2) is 16.3 Å². The maximum Gasteiger partial charge on any atom is 0.0492 e. The van der Waals surface area contributed by atoms with Gasteiger partial charge in [-0.15, -0.1) is 0 Å². The lowest BCUT2D eigenvalue weighted by Crippen LogP contribution is -2.03. The molecular formula is C9H17N3. The first kappa shape index (κ1) is 9.26. The van der Waals surface area contributed by atoms with Gasteiger partial charge in [0.25, 0.3) is 0 Å². The molecule has 0 amide bonds. The maximum atomic E-state index is 5.40. The Kier molecular flexibility index (Phi) is 3.80. The number of aryl methyl sites for hydroxylation is 2. The minimum absolute atomic E-state index is 0.804. The minimum Gasteiger partial charge on any atom is -0.330 e. The number of nitrogens with zero attached hydrogens (tertiary/aromatic N) is 2. The Morgan fingerprint density at radius 2 is 2.25 bits per heavy atom. The summed E-state index contributed by atoms with van der Waals surface area (Å²) in [6, 6.07) is 2.03. The highest BCUT2D eigenvalue weighted by Gasteiger charge is 1.95. The highest BCUT2D eigenvalue weighted by Crippen LogP contribution is 2.00. The van der Waals surface area contributed by atoms with E-state index in [9.17, 15) is 0 Å². The second-order valence-electron chi connectivity index (χ2n) is 3.05. The van der Waals surface area contributed by atoms with E-state index in [-0.39, 0.29) is 0 Å². The third-order valence-corrected chi connectivity index (χ3v) is 2.00. The molecule has 0 aromatic carbocycles. The quantitative estimate of drug-likeness (QED) is 0.672. The van der Waals surface area contributed by atoms with Crippen LogP contribution < -0.4 is 5.73 Å². The molecular weight excluding hydrogens is 150 g/mol. The van der Waals surface area contributed by atoms with E-state index in [0.717, 1.165) is 19.5 Å². The van der Waals surface area contributed by atoms with Gasteiger partial charge in [-0.3, -0.25) is 4.68 Å². The highest BCUT2D eigenvalue weighted by atomic mass is 15.3. The number of nitrogens with two attached hydrogens (primary N) is 1. The molecule has 12 heavy (non-hydrogen) atoms. The van der Waals surface area contributed by atoms with Gasteiger partial charge in [-0.05, 0) is 32.4 Å². The summed E-state index contributed by atoms with van der Waals surface area (Å²) in [6.45, 7) is 3.91. The Morgan fingerprint density at radius 3 is 2.83 bits per heavy atom. The molecule has 1 heterocycles. The highest BCUT2D eigenvalue weighted by molar-refractivity contribution is 4.96. The molecule has 0 saturated carbocycles. The summed E-state index contributed by atoms with van der Waals surface area (Å²) in [5.41, 5.74) is 6.63. The van der Waals surface area contributed by atoms with E-state index in [1.165, 1.54) is 18.5 Å². The summed E-state index contributed by atoms with van der Waals surface area (Å²) >= 11 is 0. The molecule has 1 aromatic heterocycles. The summed E-state index contributed by atoms with van der Waals surface area (Å²) < 4.78 is 2.04. The SMILES string of the molecule is Cc1ccnn1CCCCCN. The smallest absolute Gasteiger partial charge is 0.0492 e. The van der Waals surface area contributed by atoms with Crippen molar-refractivity contribution in [3.8, 4) is 0 Å². The van der Waals surface area contributed by atoms with Crippen molar-refractivity contribution < 1.29 is 0 Å². The lowest BCUT2D eigenvalue weighted by atomic mass is 10.2. The third-order valence-electron chi connectivity index (χ3n) is 2.00. The molecule has 0 saturated heterocycles. The van der Waals surface area contributed by atoms with Gasteiger partial charge in [0.15, 0.2) is 0 Å². The molecule has 3 heteroatoms. The zero-order chi connectivity index (χ0) is 8.81. The van der Waals surface area contributed by atoms with E-state index < -0.39 is 0 Å². The summed E-state index contributed by atoms with van der Waals surface area (Å²) in [5, 5.41) is 4.20. The fourth-order valence-electron chi connectivity index (χ4n) is 1.22. The molecule has 0 unspecified atom stereocenters. The fourth-order valence-corrected chi connectivity index (χ4v) is 1.22. The fraction of sp³-hybridized carbons (Fsp3) is 0.667. The van der Waals surface area contributed by atoms with Gasteiger partial charge >= 0.3 is 0 Å². The van der Waals surface area contributed by atoms with Crippen molar-refractivity contribution in [3.05, 3.63) is 18.0 Å². The van der Waals surface area contributed by atoms with Crippen LogP contribution in [0.2, 0.25) is 0 Å². The molecule has 0 radical (unpaired) electrons. The van der Waals surface area contributed by atoms with Crippen LogP contribution in [0.25, 0.3) is 0 Å². The number of hydrogen-bond donors (Lipinski definition) is 1. The molecule has 0 spiro atoms. The molecule has 0 aliphatic rings. The minimum atomic E-state index is 0.804. The lowest BCUT2D eigenvalue weighted by Gasteiger charge is -2.02. The largest absolute Gasteiger partial charge is 0.330 e. The van der Waals surface area contributed by atoms with Crippen LogP contribution in [0.4, 0.5) is 0 Å². The normalized spacial score (nSPS) is 10.5. The second-order valence-corrected chi connectivity index (χ2v) is 3.05. The Balaban J connectivity index is 2.20. The Morgan fingerprint density at radius 1 is 1.42 bits per heavy atom. The van der Waals surface area contributed by atoms with Crippen molar-refractivity contribution in [1.82, 2.24) is 9.78 Å². The predicted octanol–water partition coefficient (Wildman–Crippen LogP) is 1.32. The van der Waals surface area contributed by atoms with Gasteiger partial charge in [0, 0.05) is 18.4 Å². The topological polar surface area (TPSA) is 43.8 Å². The maximum absolute atomic E-state index is 5.40. The van der Waals surface area contributed by atoms with E-state index in [4.69, 9.17) is 5.73 Å². The average molecular weight is 167 g/mol. The molecule has 0 atom stereocenters. The molecule has 0 fully saturated rings. The van der Waals surface area contributed by atoms with Gasteiger partial charge in [0.1, 0.15) is 0 Å². The summed E-state index contributed by atoms with van der Waals surface area (Å²) in [4.78, 5) is 0. The zero-order valence-corrected chi connectivity index (χ0v) is 7.66. The van der Waals surface area contributed by atoms with Gasteiger partial charge in [-0.25, -0.2) is 0 Å². The van der Waals surface area contributed by atoms with Crippen LogP contribution in [0, 0.1) is 6.92 Å². The van der Waals surface area contributed by atoms with E-state index in [1.807, 2.05) is 16.9 Å². The van der Waals surface area contributed by atoms with E-state index in [0.29, 0.717) is 0 Å². The van der Waals surface area contributed by atoms with Crippen LogP contribution in [0.3, 0.4) is 0 Å². The number of aromatic nitrogens is 2. The molecule has 3 nitrogen and oxygen atoms in total. The Labute approximate surface area is 73.6 Å². The number of rotatable bonds is 5. The summed E-state index contributed by atoms with van der Waals surface area (Å²) in [5.74, 6) is 0. The predicted molar refractivity (Wildman–Crippen MR) is 49.9 cm³/mol. The summed E-state index contributed by atoms with van der Waals surface area (Å²) in [7, 11) is 0. The van der Waals surface area contributed by atoms with Crippen molar-refractivity contribution in [2.45, 2.75) is 32.7 Å². The second kappa shape index (κ2) is 4.93.